The minimum absolute atomic E-state index is 0.0357. The summed E-state index contributed by atoms with van der Waals surface area (Å²) in [5.41, 5.74) is 4.57. The topological polar surface area (TPSA) is 52.7 Å². The van der Waals surface area contributed by atoms with Gasteiger partial charge in [-0.15, -0.1) is 0 Å². The highest BCUT2D eigenvalue weighted by Crippen LogP contribution is 2.31. The van der Waals surface area contributed by atoms with E-state index >= 15 is 0 Å². The highest BCUT2D eigenvalue weighted by atomic mass is 16.2. The predicted octanol–water partition coefficient (Wildman–Crippen LogP) is 3.22. The van der Waals surface area contributed by atoms with Crippen LogP contribution in [0.25, 0.3) is 0 Å². The van der Waals surface area contributed by atoms with Crippen molar-refractivity contribution in [2.24, 2.45) is 0 Å². The Morgan fingerprint density at radius 2 is 1.70 bits per heavy atom. The Hall–Kier alpha value is -2.66. The van der Waals surface area contributed by atoms with E-state index in [1.807, 2.05) is 29.2 Å². The first-order valence-corrected chi connectivity index (χ1v) is 11.0. The van der Waals surface area contributed by atoms with Crippen LogP contribution in [-0.4, -0.2) is 47.8 Å². The van der Waals surface area contributed by atoms with Gasteiger partial charge in [0.25, 0.3) is 0 Å². The van der Waals surface area contributed by atoms with E-state index in [4.69, 9.17) is 0 Å². The molecule has 0 aromatic heterocycles. The van der Waals surface area contributed by atoms with E-state index in [0.717, 1.165) is 50.0 Å². The van der Waals surface area contributed by atoms with Crippen molar-refractivity contribution in [1.82, 2.24) is 15.1 Å². The number of amides is 2. The number of nitrogens with one attached hydrogen (secondary N) is 1. The summed E-state index contributed by atoms with van der Waals surface area (Å²) in [5.74, 6) is 0.111. The number of hydrogen-bond donors (Lipinski definition) is 1. The van der Waals surface area contributed by atoms with Gasteiger partial charge in [-0.25, -0.2) is 0 Å². The molecule has 0 saturated carbocycles. The Bertz CT molecular complexity index is 888. The molecular weight excluding hydrogens is 374 g/mol. The van der Waals surface area contributed by atoms with Gasteiger partial charge in [-0.2, -0.15) is 0 Å². The zero-order valence-electron chi connectivity index (χ0n) is 17.8. The number of hydrogen-bond acceptors (Lipinski definition) is 3. The molecule has 2 heterocycles. The number of fused-ring (bicyclic) bond motifs is 1. The van der Waals surface area contributed by atoms with Crippen LogP contribution in [0.4, 0.5) is 0 Å². The van der Waals surface area contributed by atoms with Crippen molar-refractivity contribution in [3.63, 3.8) is 0 Å². The SMILES string of the molecule is Cc1ccc(CNC(=O)CN2CCc3ccccc3[C@@H]2C(=O)N2CCCCC2)cc1. The summed E-state index contributed by atoms with van der Waals surface area (Å²) in [6, 6.07) is 16.0. The smallest absolute Gasteiger partial charge is 0.244 e. The second kappa shape index (κ2) is 9.43. The second-order valence-electron chi connectivity index (χ2n) is 8.47. The fourth-order valence-electron chi connectivity index (χ4n) is 4.51. The average molecular weight is 406 g/mol. The first-order valence-electron chi connectivity index (χ1n) is 11.0. The Kier molecular flexibility index (Phi) is 6.48. The predicted molar refractivity (Wildman–Crippen MR) is 118 cm³/mol. The number of piperidine rings is 1. The van der Waals surface area contributed by atoms with Crippen molar-refractivity contribution in [1.29, 1.82) is 0 Å². The van der Waals surface area contributed by atoms with Crippen molar-refractivity contribution >= 4 is 11.8 Å². The van der Waals surface area contributed by atoms with E-state index in [1.54, 1.807) is 0 Å². The normalized spacial score (nSPS) is 19.2. The highest BCUT2D eigenvalue weighted by Gasteiger charge is 2.36. The molecule has 0 radical (unpaired) electrons. The molecule has 0 unspecified atom stereocenters. The average Bonchev–Trinajstić information content (AvgIpc) is 2.79. The molecule has 1 fully saturated rings. The number of carbonyl (C=O) groups excluding carboxylic acids is 2. The van der Waals surface area contributed by atoms with Gasteiger partial charge in [-0.3, -0.25) is 14.5 Å². The van der Waals surface area contributed by atoms with Gasteiger partial charge in [0.15, 0.2) is 0 Å². The van der Waals surface area contributed by atoms with Crippen LogP contribution in [0.5, 0.6) is 0 Å². The Morgan fingerprint density at radius 1 is 0.967 bits per heavy atom. The lowest BCUT2D eigenvalue weighted by Gasteiger charge is -2.39. The quantitative estimate of drug-likeness (QED) is 0.831. The van der Waals surface area contributed by atoms with Gasteiger partial charge < -0.3 is 10.2 Å². The van der Waals surface area contributed by atoms with Gasteiger partial charge in [0.2, 0.25) is 11.8 Å². The van der Waals surface area contributed by atoms with Crippen LogP contribution in [0.2, 0.25) is 0 Å². The van der Waals surface area contributed by atoms with E-state index in [-0.39, 0.29) is 24.4 Å². The summed E-state index contributed by atoms with van der Waals surface area (Å²) >= 11 is 0. The zero-order valence-corrected chi connectivity index (χ0v) is 17.8. The lowest BCUT2D eigenvalue weighted by molar-refractivity contribution is -0.139. The maximum absolute atomic E-state index is 13.5. The van der Waals surface area contributed by atoms with E-state index < -0.39 is 0 Å². The molecule has 2 aromatic rings. The first kappa shape index (κ1) is 20.6. The standard InChI is InChI=1S/C25H31N3O2/c1-19-9-11-20(12-10-19)17-26-23(29)18-28-16-13-21-7-3-4-8-22(21)24(28)25(30)27-14-5-2-6-15-27/h3-4,7-12,24H,2,5-6,13-18H2,1H3,(H,26,29)/t24-/m1/s1. The van der Waals surface area contributed by atoms with Gasteiger partial charge in [-0.1, -0.05) is 54.1 Å². The molecule has 2 aliphatic heterocycles. The van der Waals surface area contributed by atoms with E-state index in [2.05, 4.69) is 41.4 Å². The Balaban J connectivity index is 1.46. The Morgan fingerprint density at radius 3 is 2.47 bits per heavy atom. The number of aryl methyl sites for hydroxylation is 1. The number of carbonyl (C=O) groups is 2. The molecule has 2 amide bonds. The highest BCUT2D eigenvalue weighted by molar-refractivity contribution is 5.85. The molecule has 5 heteroatoms. The molecular formula is C25H31N3O2. The summed E-state index contributed by atoms with van der Waals surface area (Å²) in [4.78, 5) is 30.3. The molecule has 0 aliphatic carbocycles. The molecule has 30 heavy (non-hydrogen) atoms. The molecule has 5 nitrogen and oxygen atoms in total. The van der Waals surface area contributed by atoms with Crippen LogP contribution >= 0.6 is 0 Å². The molecule has 2 aliphatic rings. The third-order valence-electron chi connectivity index (χ3n) is 6.24. The van der Waals surface area contributed by atoms with Crippen molar-refractivity contribution in [3.8, 4) is 0 Å². The maximum Gasteiger partial charge on any atom is 0.244 e. The minimum Gasteiger partial charge on any atom is -0.351 e. The molecule has 1 saturated heterocycles. The first-order chi connectivity index (χ1) is 14.6. The summed E-state index contributed by atoms with van der Waals surface area (Å²) in [7, 11) is 0. The minimum atomic E-state index is -0.363. The largest absolute Gasteiger partial charge is 0.351 e. The van der Waals surface area contributed by atoms with Crippen LogP contribution in [0.1, 0.15) is 47.6 Å². The van der Waals surface area contributed by atoms with Crippen molar-refractivity contribution in [2.75, 3.05) is 26.2 Å². The van der Waals surface area contributed by atoms with Crippen molar-refractivity contribution in [3.05, 3.63) is 70.8 Å². The summed E-state index contributed by atoms with van der Waals surface area (Å²) in [6.45, 7) is 5.17. The van der Waals surface area contributed by atoms with Gasteiger partial charge in [0.1, 0.15) is 6.04 Å². The van der Waals surface area contributed by atoms with E-state index in [0.29, 0.717) is 6.54 Å². The van der Waals surface area contributed by atoms with Gasteiger partial charge in [0, 0.05) is 26.2 Å². The van der Waals surface area contributed by atoms with Gasteiger partial charge in [0.05, 0.1) is 6.54 Å². The number of likely N-dealkylation sites (tertiary alicyclic amines) is 1. The lowest BCUT2D eigenvalue weighted by atomic mass is 9.91. The number of nitrogens with zero attached hydrogens (tertiary/aromatic N) is 2. The molecule has 4 rings (SSSR count). The number of rotatable bonds is 5. The van der Waals surface area contributed by atoms with Crippen LogP contribution in [0, 0.1) is 6.92 Å². The second-order valence-corrected chi connectivity index (χ2v) is 8.47. The zero-order chi connectivity index (χ0) is 20.9. The molecule has 0 bridgehead atoms. The summed E-state index contributed by atoms with van der Waals surface area (Å²) in [5, 5.41) is 3.02. The monoisotopic (exact) mass is 405 g/mol. The molecule has 1 N–H and O–H groups in total. The third-order valence-corrected chi connectivity index (χ3v) is 6.24. The molecule has 0 spiro atoms. The fourth-order valence-corrected chi connectivity index (χ4v) is 4.51. The summed E-state index contributed by atoms with van der Waals surface area (Å²) in [6.07, 6.45) is 4.19. The third kappa shape index (κ3) is 4.73. The Labute approximate surface area is 179 Å². The maximum atomic E-state index is 13.5. The molecule has 2 aromatic carbocycles. The lowest BCUT2D eigenvalue weighted by Crippen LogP contribution is -2.50. The van der Waals surface area contributed by atoms with Crippen LogP contribution in [-0.2, 0) is 22.6 Å². The van der Waals surface area contributed by atoms with Crippen LogP contribution in [0.3, 0.4) is 0 Å². The van der Waals surface area contributed by atoms with Crippen LogP contribution < -0.4 is 5.32 Å². The van der Waals surface area contributed by atoms with Crippen molar-refractivity contribution < 1.29 is 9.59 Å². The summed E-state index contributed by atoms with van der Waals surface area (Å²) < 4.78 is 0. The van der Waals surface area contributed by atoms with Gasteiger partial charge in [-0.05, 0) is 49.3 Å². The van der Waals surface area contributed by atoms with E-state index in [9.17, 15) is 9.59 Å². The van der Waals surface area contributed by atoms with Crippen LogP contribution in [0.15, 0.2) is 48.5 Å². The number of benzene rings is 2. The fraction of sp³-hybridized carbons (Fsp3) is 0.440. The molecule has 158 valence electrons. The van der Waals surface area contributed by atoms with E-state index in [1.165, 1.54) is 17.5 Å². The van der Waals surface area contributed by atoms with Crippen molar-refractivity contribution in [2.45, 2.75) is 45.2 Å². The van der Waals surface area contributed by atoms with Gasteiger partial charge >= 0.3 is 0 Å². The molecule has 1 atom stereocenters.